The summed E-state index contributed by atoms with van der Waals surface area (Å²) in [5.41, 5.74) is 0. The van der Waals surface area contributed by atoms with E-state index in [0.29, 0.717) is 5.92 Å². The van der Waals surface area contributed by atoms with E-state index in [9.17, 15) is 5.11 Å². The average Bonchev–Trinajstić information content (AvgIpc) is 2.09. The van der Waals surface area contributed by atoms with E-state index in [1.165, 1.54) is 19.4 Å². The number of aliphatic hydroxyl groups is 1. The van der Waals surface area contributed by atoms with Gasteiger partial charge in [0.1, 0.15) is 0 Å². The summed E-state index contributed by atoms with van der Waals surface area (Å²) in [6, 6.07) is 0. The zero-order chi connectivity index (χ0) is 6.27. The van der Waals surface area contributed by atoms with Crippen LogP contribution in [0, 0.1) is 5.92 Å². The number of hydrogen-bond donors (Lipinski definition) is 1. The Balaban J connectivity index is 2.07. The summed E-state index contributed by atoms with van der Waals surface area (Å²) < 4.78 is 0. The number of rotatable bonds is 0. The Labute approximate surface area is 55.5 Å². The summed E-state index contributed by atoms with van der Waals surface area (Å²) in [5, 5.41) is 9.36. The highest BCUT2D eigenvalue weighted by Gasteiger charge is 2.33. The minimum absolute atomic E-state index is 0.00694. The van der Waals surface area contributed by atoms with Crippen molar-refractivity contribution in [2.24, 2.45) is 5.92 Å². The van der Waals surface area contributed by atoms with Gasteiger partial charge in [0, 0.05) is 13.1 Å². The van der Waals surface area contributed by atoms with Crippen molar-refractivity contribution >= 4 is 0 Å². The molecule has 2 aliphatic heterocycles. The molecule has 1 N–H and O–H groups in total. The Morgan fingerprint density at radius 3 is 2.89 bits per heavy atom. The normalized spacial score (nSPS) is 49.7. The second-order valence-corrected chi connectivity index (χ2v) is 3.23. The minimum atomic E-state index is -0.00694. The lowest BCUT2D eigenvalue weighted by Gasteiger charge is -2.20. The van der Waals surface area contributed by atoms with Crippen molar-refractivity contribution < 1.29 is 5.11 Å². The van der Waals surface area contributed by atoms with Crippen LogP contribution in [0.5, 0.6) is 0 Å². The van der Waals surface area contributed by atoms with E-state index in [4.69, 9.17) is 0 Å². The van der Waals surface area contributed by atoms with E-state index in [1.807, 2.05) is 0 Å². The Morgan fingerprint density at radius 2 is 2.22 bits per heavy atom. The molecule has 52 valence electrons. The van der Waals surface area contributed by atoms with Gasteiger partial charge in [0.05, 0.1) is 6.10 Å². The molecule has 2 fully saturated rings. The highest BCUT2D eigenvalue weighted by atomic mass is 16.3. The Kier molecular flexibility index (Phi) is 1.24. The highest BCUT2D eigenvalue weighted by molar-refractivity contribution is 4.87. The first-order valence-electron chi connectivity index (χ1n) is 3.76. The third-order valence-corrected chi connectivity index (χ3v) is 2.53. The summed E-state index contributed by atoms with van der Waals surface area (Å²) in [6.45, 7) is 3.30. The summed E-state index contributed by atoms with van der Waals surface area (Å²) >= 11 is 0. The van der Waals surface area contributed by atoms with Crippen molar-refractivity contribution in [3.63, 3.8) is 0 Å². The standard InChI is InChI=1S/C7H13NO/c9-7-5-8-3-1-2-6(7)4-8/h6-7,9H,1-5H2/t6?,7-/m0/s1. The molecule has 0 aromatic rings. The van der Waals surface area contributed by atoms with Crippen LogP contribution in [-0.4, -0.2) is 35.7 Å². The molecule has 0 saturated carbocycles. The second-order valence-electron chi connectivity index (χ2n) is 3.23. The van der Waals surface area contributed by atoms with Gasteiger partial charge in [-0.1, -0.05) is 0 Å². The van der Waals surface area contributed by atoms with Crippen LogP contribution in [0.25, 0.3) is 0 Å². The maximum Gasteiger partial charge on any atom is 0.0707 e. The number of hydrogen-bond acceptors (Lipinski definition) is 2. The van der Waals surface area contributed by atoms with Gasteiger partial charge < -0.3 is 10.0 Å². The minimum Gasteiger partial charge on any atom is -0.391 e. The molecule has 0 spiro atoms. The molecule has 3 atom stereocenters. The van der Waals surface area contributed by atoms with Crippen LogP contribution >= 0.6 is 0 Å². The zero-order valence-corrected chi connectivity index (χ0v) is 5.58. The molecular formula is C7H13NO. The van der Waals surface area contributed by atoms with Crippen LogP contribution in [0.15, 0.2) is 0 Å². The van der Waals surface area contributed by atoms with E-state index in [2.05, 4.69) is 4.90 Å². The lowest BCUT2D eigenvalue weighted by Crippen LogP contribution is -2.25. The summed E-state index contributed by atoms with van der Waals surface area (Å²) in [4.78, 5) is 2.36. The fourth-order valence-electron chi connectivity index (χ4n) is 1.98. The molecule has 2 heteroatoms. The molecule has 2 aliphatic rings. The van der Waals surface area contributed by atoms with Crippen LogP contribution in [-0.2, 0) is 0 Å². The highest BCUT2D eigenvalue weighted by Crippen LogP contribution is 2.26. The molecule has 0 amide bonds. The summed E-state index contributed by atoms with van der Waals surface area (Å²) in [6.07, 6.45) is 2.53. The van der Waals surface area contributed by atoms with Gasteiger partial charge in [-0.15, -0.1) is 0 Å². The van der Waals surface area contributed by atoms with Gasteiger partial charge in [-0.3, -0.25) is 0 Å². The van der Waals surface area contributed by atoms with Gasteiger partial charge in [-0.25, -0.2) is 0 Å². The monoisotopic (exact) mass is 127 g/mol. The van der Waals surface area contributed by atoms with Crippen molar-refractivity contribution in [2.45, 2.75) is 18.9 Å². The lowest BCUT2D eigenvalue weighted by atomic mass is 9.99. The maximum absolute atomic E-state index is 9.36. The first-order chi connectivity index (χ1) is 4.36. The molecule has 2 unspecified atom stereocenters. The number of piperidine rings is 1. The molecule has 2 heterocycles. The van der Waals surface area contributed by atoms with Gasteiger partial charge >= 0.3 is 0 Å². The quantitative estimate of drug-likeness (QED) is 0.498. The molecule has 9 heavy (non-hydrogen) atoms. The third-order valence-electron chi connectivity index (χ3n) is 2.53. The van der Waals surface area contributed by atoms with Crippen molar-refractivity contribution in [2.75, 3.05) is 19.6 Å². The molecule has 2 saturated heterocycles. The van der Waals surface area contributed by atoms with Gasteiger partial charge in [0.15, 0.2) is 0 Å². The SMILES string of the molecule is O[C@H]1CN2CCCC1C2. The van der Waals surface area contributed by atoms with E-state index >= 15 is 0 Å². The number of fused-ring (bicyclic) bond motifs is 2. The molecule has 0 aromatic carbocycles. The van der Waals surface area contributed by atoms with Crippen molar-refractivity contribution in [1.29, 1.82) is 0 Å². The Morgan fingerprint density at radius 1 is 1.33 bits per heavy atom. The van der Waals surface area contributed by atoms with Crippen LogP contribution in [0.2, 0.25) is 0 Å². The summed E-state index contributed by atoms with van der Waals surface area (Å²) in [7, 11) is 0. The number of aliphatic hydroxyl groups excluding tert-OH is 1. The Hall–Kier alpha value is -0.0800. The molecular weight excluding hydrogens is 114 g/mol. The molecule has 0 aromatic heterocycles. The van der Waals surface area contributed by atoms with E-state index < -0.39 is 0 Å². The molecule has 0 radical (unpaired) electrons. The lowest BCUT2D eigenvalue weighted by molar-refractivity contribution is 0.144. The predicted molar refractivity (Wildman–Crippen MR) is 35.2 cm³/mol. The first kappa shape index (κ1) is 5.69. The van der Waals surface area contributed by atoms with E-state index in [-0.39, 0.29) is 6.10 Å². The van der Waals surface area contributed by atoms with Gasteiger partial charge in [-0.05, 0) is 25.3 Å². The zero-order valence-electron chi connectivity index (χ0n) is 5.58. The van der Waals surface area contributed by atoms with Crippen LogP contribution in [0.1, 0.15) is 12.8 Å². The van der Waals surface area contributed by atoms with Crippen LogP contribution in [0.3, 0.4) is 0 Å². The smallest absolute Gasteiger partial charge is 0.0707 e. The Bertz CT molecular complexity index is 113. The predicted octanol–water partition coefficient (Wildman–Crippen LogP) is 0.0729. The summed E-state index contributed by atoms with van der Waals surface area (Å²) in [5.74, 6) is 0.610. The average molecular weight is 127 g/mol. The topological polar surface area (TPSA) is 23.5 Å². The third kappa shape index (κ3) is 0.864. The van der Waals surface area contributed by atoms with Crippen LogP contribution < -0.4 is 0 Å². The van der Waals surface area contributed by atoms with E-state index in [0.717, 1.165) is 13.1 Å². The molecule has 2 bridgehead atoms. The van der Waals surface area contributed by atoms with Gasteiger partial charge in [0.25, 0.3) is 0 Å². The number of nitrogens with zero attached hydrogens (tertiary/aromatic N) is 1. The largest absolute Gasteiger partial charge is 0.391 e. The second kappa shape index (κ2) is 1.96. The fraction of sp³-hybridized carbons (Fsp3) is 1.00. The van der Waals surface area contributed by atoms with E-state index in [1.54, 1.807) is 0 Å². The van der Waals surface area contributed by atoms with Gasteiger partial charge in [0.2, 0.25) is 0 Å². The van der Waals surface area contributed by atoms with Crippen molar-refractivity contribution in [3.05, 3.63) is 0 Å². The maximum atomic E-state index is 9.36. The van der Waals surface area contributed by atoms with Gasteiger partial charge in [-0.2, -0.15) is 0 Å². The van der Waals surface area contributed by atoms with Crippen LogP contribution in [0.4, 0.5) is 0 Å². The van der Waals surface area contributed by atoms with Crippen molar-refractivity contribution in [1.82, 2.24) is 4.90 Å². The molecule has 2 rings (SSSR count). The fourth-order valence-corrected chi connectivity index (χ4v) is 1.98. The first-order valence-corrected chi connectivity index (χ1v) is 3.76. The van der Waals surface area contributed by atoms with Crippen molar-refractivity contribution in [3.8, 4) is 0 Å². The molecule has 2 nitrogen and oxygen atoms in total. The molecule has 0 aliphatic carbocycles.